The Bertz CT molecular complexity index is 1480. The van der Waals surface area contributed by atoms with Crippen molar-refractivity contribution in [3.63, 3.8) is 0 Å². The van der Waals surface area contributed by atoms with Crippen LogP contribution < -0.4 is 9.47 Å². The third kappa shape index (κ3) is 5.43. The molecule has 0 saturated carbocycles. The molecular formula is C35H34ClNO4. The second-order valence-electron chi connectivity index (χ2n) is 10.9. The number of Topliss-reactive ketones (excluding diaryl/α,β-unsaturated/α-hetero) is 2. The molecule has 0 bridgehead atoms. The zero-order chi connectivity index (χ0) is 28.3. The minimum absolute atomic E-state index is 0.116. The summed E-state index contributed by atoms with van der Waals surface area (Å²) < 4.78 is 11.9. The van der Waals surface area contributed by atoms with E-state index in [9.17, 15) is 9.59 Å². The van der Waals surface area contributed by atoms with Crippen molar-refractivity contribution in [2.75, 3.05) is 13.7 Å². The van der Waals surface area contributed by atoms with Gasteiger partial charge >= 0.3 is 0 Å². The molecule has 210 valence electrons. The highest BCUT2D eigenvalue weighted by Gasteiger charge is 2.43. The highest BCUT2D eigenvalue weighted by atomic mass is 35.5. The molecule has 6 heteroatoms. The molecule has 3 aliphatic rings. The van der Waals surface area contributed by atoms with Gasteiger partial charge in [-0.25, -0.2) is 0 Å². The van der Waals surface area contributed by atoms with Crippen LogP contribution in [-0.4, -0.2) is 30.1 Å². The zero-order valence-corrected chi connectivity index (χ0v) is 24.1. The molecule has 0 atom stereocenters. The summed E-state index contributed by atoms with van der Waals surface area (Å²) in [5, 5.41) is 0.401. The molecule has 0 amide bonds. The van der Waals surface area contributed by atoms with Crippen LogP contribution in [0.15, 0.2) is 95.3 Å². The van der Waals surface area contributed by atoms with Gasteiger partial charge in [0, 0.05) is 47.8 Å². The number of carbonyl (C=O) groups is 2. The molecule has 3 aromatic carbocycles. The van der Waals surface area contributed by atoms with Gasteiger partial charge < -0.3 is 14.4 Å². The number of hydrogen-bond acceptors (Lipinski definition) is 5. The van der Waals surface area contributed by atoms with Crippen LogP contribution in [-0.2, 0) is 22.6 Å². The summed E-state index contributed by atoms with van der Waals surface area (Å²) in [6.45, 7) is 1.09. The summed E-state index contributed by atoms with van der Waals surface area (Å²) in [5.74, 6) is 0.722. The number of benzene rings is 3. The lowest BCUT2D eigenvalue weighted by Crippen LogP contribution is -2.40. The molecule has 2 aliphatic carbocycles. The predicted octanol–water partition coefficient (Wildman–Crippen LogP) is 7.58. The van der Waals surface area contributed by atoms with Gasteiger partial charge in [-0.05, 0) is 60.9 Å². The third-order valence-electron chi connectivity index (χ3n) is 8.36. The monoisotopic (exact) mass is 567 g/mol. The quantitative estimate of drug-likeness (QED) is 0.281. The van der Waals surface area contributed by atoms with Gasteiger partial charge in [0.2, 0.25) is 0 Å². The van der Waals surface area contributed by atoms with E-state index in [1.807, 2.05) is 48.5 Å². The second kappa shape index (κ2) is 12.0. The minimum atomic E-state index is -0.455. The van der Waals surface area contributed by atoms with E-state index in [1.54, 1.807) is 7.11 Å². The summed E-state index contributed by atoms with van der Waals surface area (Å²) in [5.41, 5.74) is 6.68. The molecule has 1 heterocycles. The Morgan fingerprint density at radius 3 is 1.98 bits per heavy atom. The number of halogens is 1. The first kappa shape index (κ1) is 27.3. The van der Waals surface area contributed by atoms with Gasteiger partial charge in [-0.3, -0.25) is 9.59 Å². The molecule has 5 nitrogen and oxygen atoms in total. The van der Waals surface area contributed by atoms with Crippen LogP contribution in [0.25, 0.3) is 0 Å². The maximum absolute atomic E-state index is 13.7. The molecule has 3 aromatic rings. The summed E-state index contributed by atoms with van der Waals surface area (Å²) in [6.07, 6.45) is 5.09. The van der Waals surface area contributed by atoms with Crippen molar-refractivity contribution in [1.29, 1.82) is 0 Å². The number of hydrogen-bond donors (Lipinski definition) is 0. The molecule has 0 N–H and O–H groups in total. The summed E-state index contributed by atoms with van der Waals surface area (Å²) >= 11 is 6.85. The Morgan fingerprint density at radius 2 is 1.39 bits per heavy atom. The average molecular weight is 568 g/mol. The van der Waals surface area contributed by atoms with E-state index < -0.39 is 5.92 Å². The van der Waals surface area contributed by atoms with Crippen LogP contribution in [0.4, 0.5) is 0 Å². The van der Waals surface area contributed by atoms with E-state index in [0.717, 1.165) is 72.3 Å². The average Bonchev–Trinajstić information content (AvgIpc) is 3.00. The second-order valence-corrected chi connectivity index (χ2v) is 11.3. The normalized spacial score (nSPS) is 17.5. The van der Waals surface area contributed by atoms with Gasteiger partial charge in [0.15, 0.2) is 23.1 Å². The zero-order valence-electron chi connectivity index (χ0n) is 23.3. The van der Waals surface area contributed by atoms with Crippen molar-refractivity contribution in [1.82, 2.24) is 4.90 Å². The van der Waals surface area contributed by atoms with Crippen LogP contribution in [0.2, 0.25) is 5.02 Å². The molecule has 41 heavy (non-hydrogen) atoms. The number of nitrogens with zero attached hydrogens (tertiary/aromatic N) is 1. The van der Waals surface area contributed by atoms with Crippen molar-refractivity contribution in [2.24, 2.45) is 0 Å². The van der Waals surface area contributed by atoms with Gasteiger partial charge in [-0.1, -0.05) is 72.3 Å². The molecule has 0 spiro atoms. The fraction of sp³-hybridized carbons (Fsp3) is 0.314. The summed E-state index contributed by atoms with van der Waals surface area (Å²) in [4.78, 5) is 29.6. The summed E-state index contributed by atoms with van der Waals surface area (Å²) in [6, 6.07) is 24.0. The van der Waals surface area contributed by atoms with Crippen molar-refractivity contribution >= 4 is 23.2 Å². The maximum Gasteiger partial charge on any atom is 0.180 e. The minimum Gasteiger partial charge on any atom is -0.493 e. The van der Waals surface area contributed by atoms with E-state index >= 15 is 0 Å². The molecular weight excluding hydrogens is 534 g/mol. The fourth-order valence-corrected chi connectivity index (χ4v) is 6.76. The SMILES string of the molecule is COc1cc(C2C3=C(CCCC3=O)N(CCc3ccccc3)C3=C2C(=O)CCC3)cc(Cl)c1OCc1ccccc1. The van der Waals surface area contributed by atoms with Crippen LogP contribution in [0.3, 0.4) is 0 Å². The van der Waals surface area contributed by atoms with Gasteiger partial charge in [0.25, 0.3) is 0 Å². The van der Waals surface area contributed by atoms with Crippen LogP contribution in [0, 0.1) is 0 Å². The molecule has 1 aliphatic heterocycles. The first-order valence-corrected chi connectivity index (χ1v) is 14.8. The maximum atomic E-state index is 13.7. The largest absolute Gasteiger partial charge is 0.493 e. The van der Waals surface area contributed by atoms with E-state index in [0.29, 0.717) is 36.0 Å². The molecule has 0 fully saturated rings. The van der Waals surface area contributed by atoms with Crippen molar-refractivity contribution in [3.05, 3.63) is 117 Å². The highest BCUT2D eigenvalue weighted by Crippen LogP contribution is 2.51. The smallest absolute Gasteiger partial charge is 0.180 e. The lowest BCUT2D eigenvalue weighted by atomic mass is 9.71. The first-order valence-electron chi connectivity index (χ1n) is 14.4. The molecule has 0 radical (unpaired) electrons. The Balaban J connectivity index is 1.42. The molecule has 0 aromatic heterocycles. The number of ether oxygens (including phenoxy) is 2. The third-order valence-corrected chi connectivity index (χ3v) is 8.65. The molecule has 0 saturated heterocycles. The Morgan fingerprint density at radius 1 is 0.805 bits per heavy atom. The van der Waals surface area contributed by atoms with Crippen molar-refractivity contribution < 1.29 is 19.1 Å². The standard InChI is InChI=1S/C35H34ClNO4/c1-40-31-21-25(20-26(36)35(31)41-22-24-12-6-3-7-13-24)32-33-27(14-8-16-29(33)38)37(19-18-23-10-4-2-5-11-23)28-15-9-17-30(39)34(28)32/h2-7,10-13,20-21,32H,8-9,14-19,22H2,1H3. The van der Waals surface area contributed by atoms with E-state index in [2.05, 4.69) is 29.2 Å². The lowest BCUT2D eigenvalue weighted by molar-refractivity contribution is -0.117. The fourth-order valence-electron chi connectivity index (χ4n) is 6.48. The van der Waals surface area contributed by atoms with E-state index in [1.165, 1.54) is 5.56 Å². The molecule has 0 unspecified atom stereocenters. The number of rotatable bonds is 8. The van der Waals surface area contributed by atoms with Gasteiger partial charge in [-0.15, -0.1) is 0 Å². The Labute approximate surface area is 246 Å². The van der Waals surface area contributed by atoms with Crippen molar-refractivity contribution in [3.8, 4) is 11.5 Å². The highest BCUT2D eigenvalue weighted by molar-refractivity contribution is 6.32. The molecule has 6 rings (SSSR count). The lowest BCUT2D eigenvalue weighted by Gasteiger charge is -2.44. The first-order chi connectivity index (χ1) is 20.0. The Hall–Kier alpha value is -3.83. The number of carbonyl (C=O) groups excluding carboxylic acids is 2. The van der Waals surface area contributed by atoms with Crippen LogP contribution >= 0.6 is 11.6 Å². The van der Waals surface area contributed by atoms with E-state index in [-0.39, 0.29) is 11.6 Å². The van der Waals surface area contributed by atoms with Gasteiger partial charge in [0.05, 0.1) is 12.1 Å². The van der Waals surface area contributed by atoms with Crippen LogP contribution in [0.1, 0.15) is 61.1 Å². The van der Waals surface area contributed by atoms with E-state index in [4.69, 9.17) is 21.1 Å². The van der Waals surface area contributed by atoms with Crippen LogP contribution in [0.5, 0.6) is 11.5 Å². The Kier molecular flexibility index (Phi) is 7.97. The number of ketones is 2. The van der Waals surface area contributed by atoms with Gasteiger partial charge in [0.1, 0.15) is 6.61 Å². The predicted molar refractivity (Wildman–Crippen MR) is 160 cm³/mol. The van der Waals surface area contributed by atoms with Crippen molar-refractivity contribution in [2.45, 2.75) is 57.5 Å². The summed E-state index contributed by atoms with van der Waals surface area (Å²) in [7, 11) is 1.59. The topological polar surface area (TPSA) is 55.8 Å². The number of methoxy groups -OCH3 is 1. The number of allylic oxidation sites excluding steroid dienone is 4. The van der Waals surface area contributed by atoms with Gasteiger partial charge in [-0.2, -0.15) is 0 Å².